The van der Waals surface area contributed by atoms with Crippen LogP contribution in [0.1, 0.15) is 25.8 Å². The third kappa shape index (κ3) is 4.53. The van der Waals surface area contributed by atoms with Crippen molar-refractivity contribution < 1.29 is 13.9 Å². The maximum absolute atomic E-state index is 12.1. The van der Waals surface area contributed by atoms with Crippen molar-refractivity contribution in [3.63, 3.8) is 0 Å². The van der Waals surface area contributed by atoms with Crippen molar-refractivity contribution in [2.75, 3.05) is 19.9 Å². The van der Waals surface area contributed by atoms with Gasteiger partial charge in [-0.15, -0.1) is 0 Å². The third-order valence-corrected chi connectivity index (χ3v) is 2.66. The molecule has 0 saturated heterocycles. The lowest BCUT2D eigenvalue weighted by Gasteiger charge is -2.14. The van der Waals surface area contributed by atoms with Crippen molar-refractivity contribution in [3.05, 3.63) is 23.8 Å². The van der Waals surface area contributed by atoms with E-state index in [2.05, 4.69) is 6.92 Å². The molecule has 102 valence electrons. The first-order valence-electron chi connectivity index (χ1n) is 6.41. The van der Waals surface area contributed by atoms with Gasteiger partial charge in [0, 0.05) is 6.04 Å². The van der Waals surface area contributed by atoms with Crippen molar-refractivity contribution in [2.24, 2.45) is 5.73 Å². The van der Waals surface area contributed by atoms with Gasteiger partial charge in [0.15, 0.2) is 11.5 Å². The van der Waals surface area contributed by atoms with E-state index in [1.165, 1.54) is 0 Å². The Balaban J connectivity index is 2.81. The largest absolute Gasteiger partial charge is 0.490 e. The molecular weight excluding hydrogens is 233 g/mol. The first-order valence-corrected chi connectivity index (χ1v) is 6.41. The summed E-state index contributed by atoms with van der Waals surface area (Å²) in [6, 6.07) is 5.84. The molecule has 0 aliphatic rings. The molecule has 0 radical (unpaired) electrons. The predicted octanol–water partition coefficient (Wildman–Crippen LogP) is 2.71. The topological polar surface area (TPSA) is 44.5 Å². The second kappa shape index (κ2) is 7.93. The van der Waals surface area contributed by atoms with Gasteiger partial charge >= 0.3 is 0 Å². The minimum Gasteiger partial charge on any atom is -0.490 e. The number of nitrogens with two attached hydrogens (primary N) is 1. The summed E-state index contributed by atoms with van der Waals surface area (Å²) in [6.45, 7) is 4.06. The molecule has 0 bridgehead atoms. The van der Waals surface area contributed by atoms with Crippen LogP contribution in [0.3, 0.4) is 0 Å². The van der Waals surface area contributed by atoms with Gasteiger partial charge in [0.05, 0.1) is 6.61 Å². The standard InChI is InChI=1S/C14H22FNO2/c1-3-12(16)9-11-5-6-13(18-8-7-15)14(10-11)17-4-2/h5-6,10,12H,3-4,7-9,16H2,1-2H3. The second-order valence-corrected chi connectivity index (χ2v) is 4.12. The summed E-state index contributed by atoms with van der Waals surface area (Å²) in [5.41, 5.74) is 7.04. The number of halogens is 1. The number of alkyl halides is 1. The quantitative estimate of drug-likeness (QED) is 0.776. The monoisotopic (exact) mass is 255 g/mol. The smallest absolute Gasteiger partial charge is 0.161 e. The molecule has 0 fully saturated rings. The molecule has 0 spiro atoms. The molecule has 18 heavy (non-hydrogen) atoms. The van der Waals surface area contributed by atoms with E-state index in [-0.39, 0.29) is 12.6 Å². The number of benzene rings is 1. The molecule has 0 amide bonds. The normalized spacial score (nSPS) is 12.2. The van der Waals surface area contributed by atoms with Crippen molar-refractivity contribution in [2.45, 2.75) is 32.7 Å². The highest BCUT2D eigenvalue weighted by Gasteiger charge is 2.08. The fourth-order valence-electron chi connectivity index (χ4n) is 1.66. The Labute approximate surface area is 108 Å². The zero-order chi connectivity index (χ0) is 13.4. The number of hydrogen-bond donors (Lipinski definition) is 1. The summed E-state index contributed by atoms with van der Waals surface area (Å²) < 4.78 is 22.9. The maximum atomic E-state index is 12.1. The lowest BCUT2D eigenvalue weighted by molar-refractivity contribution is 0.251. The second-order valence-electron chi connectivity index (χ2n) is 4.12. The molecule has 0 heterocycles. The molecule has 0 aliphatic carbocycles. The van der Waals surface area contributed by atoms with Crippen molar-refractivity contribution >= 4 is 0 Å². The van der Waals surface area contributed by atoms with Crippen LogP contribution in [0.25, 0.3) is 0 Å². The highest BCUT2D eigenvalue weighted by Crippen LogP contribution is 2.29. The molecule has 4 heteroatoms. The summed E-state index contributed by atoms with van der Waals surface area (Å²) in [6.07, 6.45) is 1.74. The maximum Gasteiger partial charge on any atom is 0.161 e. The minimum atomic E-state index is -0.506. The molecule has 1 rings (SSSR count). The van der Waals surface area contributed by atoms with Crippen LogP contribution in [0.2, 0.25) is 0 Å². The van der Waals surface area contributed by atoms with Crippen LogP contribution >= 0.6 is 0 Å². The van der Waals surface area contributed by atoms with Gasteiger partial charge in [-0.05, 0) is 37.5 Å². The van der Waals surface area contributed by atoms with E-state index in [4.69, 9.17) is 15.2 Å². The van der Waals surface area contributed by atoms with Gasteiger partial charge in [0.1, 0.15) is 13.3 Å². The van der Waals surface area contributed by atoms with Crippen molar-refractivity contribution in [3.8, 4) is 11.5 Å². The Kier molecular flexibility index (Phi) is 6.50. The predicted molar refractivity (Wildman–Crippen MR) is 71.1 cm³/mol. The molecular formula is C14H22FNO2. The average Bonchev–Trinajstić information content (AvgIpc) is 2.38. The highest BCUT2D eigenvalue weighted by molar-refractivity contribution is 5.43. The van der Waals surface area contributed by atoms with Crippen LogP contribution in [-0.4, -0.2) is 25.9 Å². The Bertz CT molecular complexity index is 358. The summed E-state index contributed by atoms with van der Waals surface area (Å²) in [4.78, 5) is 0. The van der Waals surface area contributed by atoms with E-state index < -0.39 is 6.67 Å². The fraction of sp³-hybridized carbons (Fsp3) is 0.571. The van der Waals surface area contributed by atoms with Gasteiger partial charge in [0.25, 0.3) is 0 Å². The molecule has 0 aromatic heterocycles. The lowest BCUT2D eigenvalue weighted by atomic mass is 10.0. The van der Waals surface area contributed by atoms with E-state index in [0.29, 0.717) is 18.1 Å². The molecule has 1 aromatic carbocycles. The summed E-state index contributed by atoms with van der Waals surface area (Å²) in [5, 5.41) is 0. The molecule has 2 N–H and O–H groups in total. The summed E-state index contributed by atoms with van der Waals surface area (Å²) >= 11 is 0. The SMILES string of the molecule is CCOc1cc(CC(N)CC)ccc1OCCF. The van der Waals surface area contributed by atoms with Gasteiger partial charge in [0.2, 0.25) is 0 Å². The van der Waals surface area contributed by atoms with Gasteiger partial charge in [-0.1, -0.05) is 13.0 Å². The van der Waals surface area contributed by atoms with Crippen LogP contribution in [0, 0.1) is 0 Å². The number of hydrogen-bond acceptors (Lipinski definition) is 3. The fourth-order valence-corrected chi connectivity index (χ4v) is 1.66. The first kappa shape index (κ1) is 14.8. The van der Waals surface area contributed by atoms with Crippen LogP contribution < -0.4 is 15.2 Å². The number of rotatable bonds is 8. The summed E-state index contributed by atoms with van der Waals surface area (Å²) in [5.74, 6) is 1.25. The average molecular weight is 255 g/mol. The summed E-state index contributed by atoms with van der Waals surface area (Å²) in [7, 11) is 0. The zero-order valence-electron chi connectivity index (χ0n) is 11.1. The van der Waals surface area contributed by atoms with Crippen LogP contribution in [0.15, 0.2) is 18.2 Å². The third-order valence-electron chi connectivity index (χ3n) is 2.66. The van der Waals surface area contributed by atoms with Crippen molar-refractivity contribution in [1.82, 2.24) is 0 Å². The molecule has 0 saturated carbocycles. The lowest BCUT2D eigenvalue weighted by Crippen LogP contribution is -2.21. The van der Waals surface area contributed by atoms with Gasteiger partial charge in [-0.3, -0.25) is 0 Å². The van der Waals surface area contributed by atoms with Crippen LogP contribution in [0.4, 0.5) is 4.39 Å². The van der Waals surface area contributed by atoms with Crippen LogP contribution in [-0.2, 0) is 6.42 Å². The van der Waals surface area contributed by atoms with E-state index in [0.717, 1.165) is 18.4 Å². The Hall–Kier alpha value is -1.29. The Morgan fingerprint density at radius 3 is 2.61 bits per heavy atom. The van der Waals surface area contributed by atoms with Crippen molar-refractivity contribution in [1.29, 1.82) is 0 Å². The van der Waals surface area contributed by atoms with E-state index in [9.17, 15) is 4.39 Å². The molecule has 1 aromatic rings. The van der Waals surface area contributed by atoms with Gasteiger partial charge in [-0.25, -0.2) is 4.39 Å². The Morgan fingerprint density at radius 2 is 2.00 bits per heavy atom. The Morgan fingerprint density at radius 1 is 1.22 bits per heavy atom. The van der Waals surface area contributed by atoms with E-state index >= 15 is 0 Å². The van der Waals surface area contributed by atoms with E-state index in [1.807, 2.05) is 25.1 Å². The van der Waals surface area contributed by atoms with E-state index in [1.54, 1.807) is 0 Å². The first-order chi connectivity index (χ1) is 8.71. The zero-order valence-corrected chi connectivity index (χ0v) is 11.1. The molecule has 0 aliphatic heterocycles. The highest BCUT2D eigenvalue weighted by atomic mass is 19.1. The minimum absolute atomic E-state index is 0.0495. The van der Waals surface area contributed by atoms with Gasteiger partial charge < -0.3 is 15.2 Å². The molecule has 1 unspecified atom stereocenters. The van der Waals surface area contributed by atoms with Gasteiger partial charge in [-0.2, -0.15) is 0 Å². The molecule has 1 atom stereocenters. The number of ether oxygens (including phenoxy) is 2. The van der Waals surface area contributed by atoms with Crippen LogP contribution in [0.5, 0.6) is 11.5 Å². The molecule has 3 nitrogen and oxygen atoms in total.